The highest BCUT2D eigenvalue weighted by atomic mass is 16.2. The van der Waals surface area contributed by atoms with Gasteiger partial charge in [-0.15, -0.1) is 0 Å². The monoisotopic (exact) mass is 415 g/mol. The van der Waals surface area contributed by atoms with Crippen molar-refractivity contribution >= 4 is 11.7 Å². The van der Waals surface area contributed by atoms with Crippen molar-refractivity contribution in [2.45, 2.75) is 19.8 Å². The van der Waals surface area contributed by atoms with Crippen LogP contribution in [-0.4, -0.2) is 59.2 Å². The summed E-state index contributed by atoms with van der Waals surface area (Å²) in [5, 5.41) is 0. The van der Waals surface area contributed by atoms with Gasteiger partial charge in [-0.25, -0.2) is 0 Å². The second-order valence-corrected chi connectivity index (χ2v) is 8.27. The summed E-state index contributed by atoms with van der Waals surface area (Å²) in [6, 6.07) is 21.9. The van der Waals surface area contributed by atoms with Crippen LogP contribution in [0, 0.1) is 13.8 Å². The van der Waals surface area contributed by atoms with Crippen molar-refractivity contribution in [2.24, 2.45) is 0 Å². The third-order valence-electron chi connectivity index (χ3n) is 6.01. The van der Waals surface area contributed by atoms with Crippen molar-refractivity contribution in [2.75, 3.05) is 32.7 Å². The van der Waals surface area contributed by atoms with Gasteiger partial charge >= 0.3 is 0 Å². The molecule has 1 amide bonds. The molecule has 2 heterocycles. The lowest BCUT2D eigenvalue weighted by atomic mass is 9.90. The molecule has 5 nitrogen and oxygen atoms in total. The number of aryl methyl sites for hydroxylation is 2. The van der Waals surface area contributed by atoms with Crippen molar-refractivity contribution in [3.8, 4) is 0 Å². The molecule has 1 fully saturated rings. The molecule has 1 aliphatic rings. The van der Waals surface area contributed by atoms with Crippen LogP contribution in [-0.2, 0) is 4.79 Å². The molecule has 0 atom stereocenters. The average Bonchev–Trinajstić information content (AvgIpc) is 3.14. The molecule has 5 heteroatoms. The van der Waals surface area contributed by atoms with Crippen LogP contribution in [0.4, 0.5) is 0 Å². The molecule has 0 aliphatic carbocycles. The van der Waals surface area contributed by atoms with E-state index in [2.05, 4.69) is 9.88 Å². The zero-order chi connectivity index (χ0) is 21.8. The Labute approximate surface area is 183 Å². The second-order valence-electron chi connectivity index (χ2n) is 8.27. The normalized spacial score (nSPS) is 14.7. The van der Waals surface area contributed by atoms with E-state index >= 15 is 0 Å². The van der Waals surface area contributed by atoms with Crippen LogP contribution in [0.15, 0.2) is 66.7 Å². The summed E-state index contributed by atoms with van der Waals surface area (Å²) >= 11 is 0. The number of carbonyl (C=O) groups is 2. The maximum atomic E-state index is 13.5. The Morgan fingerprint density at radius 1 is 0.871 bits per heavy atom. The first-order chi connectivity index (χ1) is 15.0. The molecular formula is C26H29N3O2. The Morgan fingerprint density at radius 3 is 1.90 bits per heavy atom. The van der Waals surface area contributed by atoms with E-state index in [1.165, 1.54) is 0 Å². The van der Waals surface area contributed by atoms with Gasteiger partial charge in [0.25, 0.3) is 0 Å². The van der Waals surface area contributed by atoms with Gasteiger partial charge in [-0.2, -0.15) is 0 Å². The lowest BCUT2D eigenvalue weighted by Gasteiger charge is -2.36. The molecule has 1 aromatic heterocycles. The lowest BCUT2D eigenvalue weighted by molar-refractivity contribution is -0.133. The largest absolute Gasteiger partial charge is 0.362 e. The zero-order valence-electron chi connectivity index (χ0n) is 18.2. The number of ketones is 1. The Bertz CT molecular complexity index is 996. The van der Waals surface area contributed by atoms with Crippen LogP contribution in [0.3, 0.4) is 0 Å². The number of hydrogen-bond donors (Lipinski definition) is 1. The molecule has 1 N–H and O–H groups in total. The van der Waals surface area contributed by atoms with E-state index in [0.717, 1.165) is 28.1 Å². The molecule has 0 spiro atoms. The molecular weight excluding hydrogens is 386 g/mol. The number of nitrogens with one attached hydrogen (secondary N) is 1. The number of benzene rings is 2. The van der Waals surface area contributed by atoms with E-state index in [4.69, 9.17) is 0 Å². The van der Waals surface area contributed by atoms with Crippen molar-refractivity contribution < 1.29 is 9.59 Å². The van der Waals surface area contributed by atoms with Crippen molar-refractivity contribution in [1.82, 2.24) is 14.8 Å². The molecule has 2 aromatic carbocycles. The highest BCUT2D eigenvalue weighted by molar-refractivity contribution is 5.99. The number of aromatic amines is 1. The molecule has 3 aromatic rings. The smallest absolute Gasteiger partial charge is 0.234 e. The van der Waals surface area contributed by atoms with Crippen molar-refractivity contribution in [3.05, 3.63) is 94.8 Å². The van der Waals surface area contributed by atoms with E-state index in [9.17, 15) is 9.59 Å². The summed E-state index contributed by atoms with van der Waals surface area (Å²) in [6.45, 7) is 6.96. The number of piperazine rings is 1. The Kier molecular flexibility index (Phi) is 6.33. The minimum Gasteiger partial charge on any atom is -0.362 e. The van der Waals surface area contributed by atoms with Crippen LogP contribution in [0.2, 0.25) is 0 Å². The van der Waals surface area contributed by atoms with Crippen LogP contribution in [0.5, 0.6) is 0 Å². The number of aromatic nitrogens is 1. The van der Waals surface area contributed by atoms with Gasteiger partial charge < -0.3 is 9.88 Å². The van der Waals surface area contributed by atoms with Gasteiger partial charge in [0.05, 0.1) is 12.5 Å². The van der Waals surface area contributed by atoms with Gasteiger partial charge in [0.15, 0.2) is 5.78 Å². The highest BCUT2D eigenvalue weighted by Gasteiger charge is 2.30. The first-order valence-corrected chi connectivity index (χ1v) is 10.8. The van der Waals surface area contributed by atoms with Crippen LogP contribution >= 0.6 is 0 Å². The Balaban J connectivity index is 1.43. The first-order valence-electron chi connectivity index (χ1n) is 10.8. The standard InChI is InChI=1S/C26H29N3O2/c1-19-17-23(20(2)27-19)24(30)18-28-13-15-29(16-14-28)26(31)25(21-9-5-3-6-10-21)22-11-7-4-8-12-22/h3-12,17,25,27H,13-16,18H2,1-2H3. The highest BCUT2D eigenvalue weighted by Crippen LogP contribution is 2.27. The summed E-state index contributed by atoms with van der Waals surface area (Å²) in [4.78, 5) is 33.5. The van der Waals surface area contributed by atoms with E-state index < -0.39 is 0 Å². The minimum absolute atomic E-state index is 0.125. The fourth-order valence-electron chi connectivity index (χ4n) is 4.38. The van der Waals surface area contributed by atoms with Crippen LogP contribution < -0.4 is 0 Å². The Hall–Kier alpha value is -3.18. The zero-order valence-corrected chi connectivity index (χ0v) is 18.2. The van der Waals surface area contributed by atoms with E-state index in [1.54, 1.807) is 0 Å². The fourth-order valence-corrected chi connectivity index (χ4v) is 4.38. The number of amides is 1. The van der Waals surface area contributed by atoms with Crippen molar-refractivity contribution in [1.29, 1.82) is 0 Å². The topological polar surface area (TPSA) is 56.4 Å². The van der Waals surface area contributed by atoms with Gasteiger partial charge in [0.1, 0.15) is 0 Å². The SMILES string of the molecule is Cc1cc(C(=O)CN2CCN(C(=O)C(c3ccccc3)c3ccccc3)CC2)c(C)[nH]1. The van der Waals surface area contributed by atoms with Crippen LogP contribution in [0.1, 0.15) is 38.8 Å². The van der Waals surface area contributed by atoms with Gasteiger partial charge in [-0.1, -0.05) is 60.7 Å². The summed E-state index contributed by atoms with van der Waals surface area (Å²) in [5.41, 5.74) is 4.71. The Morgan fingerprint density at radius 2 is 1.42 bits per heavy atom. The van der Waals surface area contributed by atoms with Crippen LogP contribution in [0.25, 0.3) is 0 Å². The third kappa shape index (κ3) is 4.78. The average molecular weight is 416 g/mol. The number of H-pyrrole nitrogens is 1. The van der Waals surface area contributed by atoms with Gasteiger partial charge in [0.2, 0.25) is 5.91 Å². The summed E-state index contributed by atoms with van der Waals surface area (Å²) in [6.07, 6.45) is 0. The fraction of sp³-hybridized carbons (Fsp3) is 0.308. The molecule has 1 aliphatic heterocycles. The maximum absolute atomic E-state index is 13.5. The predicted octanol–water partition coefficient (Wildman–Crippen LogP) is 3.79. The first kappa shape index (κ1) is 21.1. The summed E-state index contributed by atoms with van der Waals surface area (Å²) < 4.78 is 0. The summed E-state index contributed by atoms with van der Waals surface area (Å²) in [7, 11) is 0. The molecule has 1 saturated heterocycles. The number of hydrogen-bond acceptors (Lipinski definition) is 3. The van der Waals surface area contributed by atoms with E-state index in [1.807, 2.05) is 85.5 Å². The van der Waals surface area contributed by atoms with Gasteiger partial charge in [-0.3, -0.25) is 14.5 Å². The molecule has 0 unspecified atom stereocenters. The van der Waals surface area contributed by atoms with E-state index in [-0.39, 0.29) is 17.6 Å². The number of rotatable bonds is 6. The molecule has 160 valence electrons. The molecule has 0 bridgehead atoms. The number of Topliss-reactive ketones (excluding diaryl/α,β-unsaturated/α-hetero) is 1. The van der Waals surface area contributed by atoms with Gasteiger partial charge in [-0.05, 0) is 31.0 Å². The molecule has 0 radical (unpaired) electrons. The molecule has 4 rings (SSSR count). The van der Waals surface area contributed by atoms with Gasteiger partial charge in [0, 0.05) is 43.1 Å². The van der Waals surface area contributed by atoms with Crippen molar-refractivity contribution in [3.63, 3.8) is 0 Å². The lowest BCUT2D eigenvalue weighted by Crippen LogP contribution is -2.51. The second kappa shape index (κ2) is 9.31. The summed E-state index contributed by atoms with van der Waals surface area (Å²) in [5.74, 6) is -0.0467. The maximum Gasteiger partial charge on any atom is 0.234 e. The third-order valence-corrected chi connectivity index (χ3v) is 6.01. The predicted molar refractivity (Wildman–Crippen MR) is 122 cm³/mol. The molecule has 31 heavy (non-hydrogen) atoms. The quantitative estimate of drug-likeness (QED) is 0.623. The number of carbonyl (C=O) groups excluding carboxylic acids is 2. The molecule has 0 saturated carbocycles. The van der Waals surface area contributed by atoms with E-state index in [0.29, 0.717) is 32.7 Å². The minimum atomic E-state index is -0.305. The number of nitrogens with zero attached hydrogens (tertiary/aromatic N) is 2.